The van der Waals surface area contributed by atoms with Crippen LogP contribution in [0.15, 0.2) is 24.3 Å². The van der Waals surface area contributed by atoms with E-state index in [1.165, 1.54) is 5.56 Å². The van der Waals surface area contributed by atoms with Crippen LogP contribution in [-0.4, -0.2) is 30.0 Å². The molecule has 0 spiro atoms. The molecular formula is C16H25NO2. The van der Waals surface area contributed by atoms with Crippen LogP contribution in [0.25, 0.3) is 0 Å². The van der Waals surface area contributed by atoms with Gasteiger partial charge < -0.3 is 15.2 Å². The van der Waals surface area contributed by atoms with Crippen LogP contribution >= 0.6 is 0 Å². The summed E-state index contributed by atoms with van der Waals surface area (Å²) in [5.41, 5.74) is 2.10. The predicted molar refractivity (Wildman–Crippen MR) is 78.5 cm³/mol. The number of hydrogen-bond donors (Lipinski definition) is 2. The third kappa shape index (κ3) is 3.48. The van der Waals surface area contributed by atoms with E-state index < -0.39 is 0 Å². The molecule has 3 heteroatoms. The van der Waals surface area contributed by atoms with E-state index in [0.717, 1.165) is 38.0 Å². The van der Waals surface area contributed by atoms with Gasteiger partial charge in [-0.1, -0.05) is 31.5 Å². The number of aryl methyl sites for hydroxylation is 1. The molecule has 0 radical (unpaired) electrons. The number of rotatable bonds is 5. The summed E-state index contributed by atoms with van der Waals surface area (Å²) in [4.78, 5) is 0. The molecule has 1 aromatic rings. The second-order valence-corrected chi connectivity index (χ2v) is 5.61. The summed E-state index contributed by atoms with van der Waals surface area (Å²) >= 11 is 0. The summed E-state index contributed by atoms with van der Waals surface area (Å²) < 4.78 is 5.79. The zero-order valence-electron chi connectivity index (χ0n) is 12.0. The number of aliphatic hydroxyl groups excluding tert-OH is 1. The lowest BCUT2D eigenvalue weighted by Crippen LogP contribution is -2.50. The Morgan fingerprint density at radius 1 is 1.42 bits per heavy atom. The van der Waals surface area contributed by atoms with E-state index in [1.807, 2.05) is 12.1 Å². The Kier molecular flexibility index (Phi) is 4.83. The third-order valence-electron chi connectivity index (χ3n) is 4.01. The van der Waals surface area contributed by atoms with E-state index in [2.05, 4.69) is 31.3 Å². The van der Waals surface area contributed by atoms with Crippen molar-refractivity contribution in [2.75, 3.05) is 18.5 Å². The smallest absolute Gasteiger partial charge is 0.0663 e. The maximum atomic E-state index is 9.86. The normalized spacial score (nSPS) is 27.2. The van der Waals surface area contributed by atoms with E-state index in [-0.39, 0.29) is 18.2 Å². The summed E-state index contributed by atoms with van der Waals surface area (Å²) in [6.45, 7) is 5.15. The number of hydrogen-bond acceptors (Lipinski definition) is 3. The van der Waals surface area contributed by atoms with Gasteiger partial charge in [0.1, 0.15) is 0 Å². The van der Waals surface area contributed by atoms with Crippen molar-refractivity contribution in [1.82, 2.24) is 0 Å². The van der Waals surface area contributed by atoms with Crippen LogP contribution in [0.4, 0.5) is 5.69 Å². The molecule has 19 heavy (non-hydrogen) atoms. The Bertz CT molecular complexity index is 405. The summed E-state index contributed by atoms with van der Waals surface area (Å²) in [5, 5.41) is 13.4. The molecule has 0 aromatic heterocycles. The van der Waals surface area contributed by atoms with Crippen molar-refractivity contribution in [3.63, 3.8) is 0 Å². The lowest BCUT2D eigenvalue weighted by molar-refractivity contribution is -0.0299. The van der Waals surface area contributed by atoms with Crippen LogP contribution < -0.4 is 5.32 Å². The highest BCUT2D eigenvalue weighted by Gasteiger charge is 2.36. The maximum absolute atomic E-state index is 9.86. The van der Waals surface area contributed by atoms with E-state index >= 15 is 0 Å². The van der Waals surface area contributed by atoms with Gasteiger partial charge in [0.15, 0.2) is 0 Å². The SMILES string of the molecule is CCCC1CC(CO)(Nc2ccccc2C)CCO1. The Morgan fingerprint density at radius 2 is 2.21 bits per heavy atom. The van der Waals surface area contributed by atoms with Gasteiger partial charge >= 0.3 is 0 Å². The molecule has 3 nitrogen and oxygen atoms in total. The molecule has 2 rings (SSSR count). The number of ether oxygens (including phenoxy) is 1. The Balaban J connectivity index is 2.11. The topological polar surface area (TPSA) is 41.5 Å². The first-order valence-electron chi connectivity index (χ1n) is 7.25. The van der Waals surface area contributed by atoms with Crippen LogP contribution in [0.5, 0.6) is 0 Å². The monoisotopic (exact) mass is 263 g/mol. The van der Waals surface area contributed by atoms with Gasteiger partial charge in [-0.3, -0.25) is 0 Å². The fraction of sp³-hybridized carbons (Fsp3) is 0.625. The van der Waals surface area contributed by atoms with Crippen LogP contribution in [-0.2, 0) is 4.74 Å². The van der Waals surface area contributed by atoms with Crippen molar-refractivity contribution < 1.29 is 9.84 Å². The third-order valence-corrected chi connectivity index (χ3v) is 4.01. The minimum atomic E-state index is -0.232. The highest BCUT2D eigenvalue weighted by Crippen LogP contribution is 2.31. The van der Waals surface area contributed by atoms with E-state index in [9.17, 15) is 5.11 Å². The van der Waals surface area contributed by atoms with Crippen LogP contribution in [0.3, 0.4) is 0 Å². The van der Waals surface area contributed by atoms with Crippen LogP contribution in [0.1, 0.15) is 38.2 Å². The molecule has 1 aliphatic rings. The second kappa shape index (κ2) is 6.40. The maximum Gasteiger partial charge on any atom is 0.0663 e. The van der Waals surface area contributed by atoms with Gasteiger partial charge in [-0.25, -0.2) is 0 Å². The number of nitrogens with one attached hydrogen (secondary N) is 1. The summed E-state index contributed by atoms with van der Waals surface area (Å²) in [6.07, 6.45) is 4.19. The molecule has 1 fully saturated rings. The van der Waals surface area contributed by atoms with Crippen LogP contribution in [0, 0.1) is 6.92 Å². The first-order chi connectivity index (χ1) is 9.19. The number of anilines is 1. The fourth-order valence-electron chi connectivity index (χ4n) is 2.82. The Labute approximate surface area is 116 Å². The van der Waals surface area contributed by atoms with Crippen LogP contribution in [0.2, 0.25) is 0 Å². The van der Waals surface area contributed by atoms with Crippen molar-refractivity contribution >= 4 is 5.69 Å². The molecule has 2 unspecified atom stereocenters. The fourth-order valence-corrected chi connectivity index (χ4v) is 2.82. The molecule has 1 saturated heterocycles. The lowest BCUT2D eigenvalue weighted by atomic mass is 9.85. The van der Waals surface area contributed by atoms with Gasteiger partial charge in [0, 0.05) is 12.3 Å². The molecule has 1 aliphatic heterocycles. The summed E-state index contributed by atoms with van der Waals surface area (Å²) in [5.74, 6) is 0. The number of para-hydroxylation sites is 1. The minimum absolute atomic E-state index is 0.158. The summed E-state index contributed by atoms with van der Waals surface area (Å²) in [7, 11) is 0. The zero-order valence-corrected chi connectivity index (χ0v) is 12.0. The molecule has 1 aromatic carbocycles. The van der Waals surface area contributed by atoms with Crippen molar-refractivity contribution in [3.05, 3.63) is 29.8 Å². The van der Waals surface area contributed by atoms with Gasteiger partial charge in [0.05, 0.1) is 18.2 Å². The quantitative estimate of drug-likeness (QED) is 0.857. The molecule has 2 atom stereocenters. The molecule has 0 bridgehead atoms. The number of aliphatic hydroxyl groups is 1. The van der Waals surface area contributed by atoms with E-state index in [0.29, 0.717) is 0 Å². The van der Waals surface area contributed by atoms with Gasteiger partial charge in [-0.05, 0) is 37.8 Å². The Morgan fingerprint density at radius 3 is 2.89 bits per heavy atom. The van der Waals surface area contributed by atoms with Gasteiger partial charge in [0.25, 0.3) is 0 Å². The highest BCUT2D eigenvalue weighted by atomic mass is 16.5. The van der Waals surface area contributed by atoms with Gasteiger partial charge in [0.2, 0.25) is 0 Å². The van der Waals surface area contributed by atoms with Crippen molar-refractivity contribution in [1.29, 1.82) is 0 Å². The first-order valence-corrected chi connectivity index (χ1v) is 7.25. The minimum Gasteiger partial charge on any atom is -0.394 e. The second-order valence-electron chi connectivity index (χ2n) is 5.61. The molecule has 0 saturated carbocycles. The van der Waals surface area contributed by atoms with Crippen molar-refractivity contribution in [3.8, 4) is 0 Å². The first kappa shape index (κ1) is 14.4. The molecule has 106 valence electrons. The summed E-state index contributed by atoms with van der Waals surface area (Å²) in [6, 6.07) is 8.24. The van der Waals surface area contributed by atoms with Crippen molar-refractivity contribution in [2.45, 2.75) is 51.2 Å². The predicted octanol–water partition coefficient (Wildman–Crippen LogP) is 3.12. The van der Waals surface area contributed by atoms with Gasteiger partial charge in [-0.2, -0.15) is 0 Å². The average molecular weight is 263 g/mol. The molecule has 0 aliphatic carbocycles. The standard InChI is InChI=1S/C16H25NO2/c1-3-6-14-11-16(12-18,9-10-19-14)17-15-8-5-4-7-13(15)2/h4-5,7-8,14,17-18H,3,6,9-12H2,1-2H3. The molecule has 2 N–H and O–H groups in total. The molecular weight excluding hydrogens is 238 g/mol. The molecule has 1 heterocycles. The average Bonchev–Trinajstić information content (AvgIpc) is 2.42. The molecule has 0 amide bonds. The zero-order chi connectivity index (χ0) is 13.7. The van der Waals surface area contributed by atoms with Crippen molar-refractivity contribution in [2.24, 2.45) is 0 Å². The van der Waals surface area contributed by atoms with E-state index in [4.69, 9.17) is 4.74 Å². The number of benzene rings is 1. The lowest BCUT2D eigenvalue weighted by Gasteiger charge is -2.41. The van der Waals surface area contributed by atoms with E-state index in [1.54, 1.807) is 0 Å². The van der Waals surface area contributed by atoms with Gasteiger partial charge in [-0.15, -0.1) is 0 Å². The largest absolute Gasteiger partial charge is 0.394 e. The Hall–Kier alpha value is -1.06. The highest BCUT2D eigenvalue weighted by molar-refractivity contribution is 5.52.